The average molecular weight is 262 g/mol. The van der Waals surface area contributed by atoms with Crippen molar-refractivity contribution in [3.8, 4) is 5.75 Å². The first-order valence-electron chi connectivity index (χ1n) is 6.82. The summed E-state index contributed by atoms with van der Waals surface area (Å²) in [5.74, 6) is 0.403. The number of amides is 1. The van der Waals surface area contributed by atoms with Gasteiger partial charge in [0.1, 0.15) is 11.3 Å². The van der Waals surface area contributed by atoms with E-state index in [1.54, 1.807) is 0 Å². The van der Waals surface area contributed by atoms with Crippen LogP contribution in [0.15, 0.2) is 24.3 Å². The number of benzene rings is 1. The van der Waals surface area contributed by atoms with Gasteiger partial charge in [-0.2, -0.15) is 0 Å². The fraction of sp³-hybridized carbons (Fsp3) is 0.533. The van der Waals surface area contributed by atoms with Gasteiger partial charge in [-0.1, -0.05) is 32.0 Å². The van der Waals surface area contributed by atoms with Crippen LogP contribution >= 0.6 is 0 Å². The second-order valence-electron chi connectivity index (χ2n) is 5.33. The normalized spacial score (nSPS) is 27.2. The third-order valence-electron chi connectivity index (χ3n) is 4.02. The van der Waals surface area contributed by atoms with Crippen molar-refractivity contribution in [3.05, 3.63) is 29.8 Å². The van der Waals surface area contributed by atoms with Gasteiger partial charge in [-0.05, 0) is 19.4 Å². The summed E-state index contributed by atoms with van der Waals surface area (Å²) >= 11 is 0. The van der Waals surface area contributed by atoms with E-state index in [0.29, 0.717) is 6.61 Å². The van der Waals surface area contributed by atoms with Gasteiger partial charge in [0.05, 0.1) is 6.61 Å². The number of nitrogens with two attached hydrogens (primary N) is 1. The molecule has 4 heteroatoms. The fourth-order valence-corrected chi connectivity index (χ4v) is 2.68. The quantitative estimate of drug-likeness (QED) is 0.869. The molecule has 0 aromatic heterocycles. The van der Waals surface area contributed by atoms with E-state index in [1.807, 2.05) is 31.2 Å². The molecular weight excluding hydrogens is 240 g/mol. The number of para-hydroxylation sites is 1. The molecule has 0 bridgehead atoms. The highest BCUT2D eigenvalue weighted by Gasteiger charge is 2.48. The number of ether oxygens (including phenoxy) is 1. The van der Waals surface area contributed by atoms with Crippen LogP contribution in [-0.2, 0) is 10.3 Å². The van der Waals surface area contributed by atoms with Gasteiger partial charge in [0.15, 0.2) is 0 Å². The molecule has 0 saturated heterocycles. The molecule has 19 heavy (non-hydrogen) atoms. The largest absolute Gasteiger partial charge is 0.493 e. The summed E-state index contributed by atoms with van der Waals surface area (Å²) in [6.07, 6.45) is 0.935. The molecule has 2 rings (SSSR count). The molecule has 0 fully saturated rings. The van der Waals surface area contributed by atoms with Crippen molar-refractivity contribution < 1.29 is 9.53 Å². The molecule has 3 N–H and O–H groups in total. The summed E-state index contributed by atoms with van der Waals surface area (Å²) in [5.41, 5.74) is 5.76. The van der Waals surface area contributed by atoms with Crippen LogP contribution in [-0.4, -0.2) is 18.6 Å². The Morgan fingerprint density at radius 1 is 1.58 bits per heavy atom. The van der Waals surface area contributed by atoms with Gasteiger partial charge in [0, 0.05) is 17.5 Å². The van der Waals surface area contributed by atoms with E-state index in [-0.39, 0.29) is 17.9 Å². The lowest BCUT2D eigenvalue weighted by Gasteiger charge is -2.43. The summed E-state index contributed by atoms with van der Waals surface area (Å²) in [4.78, 5) is 12.2. The predicted octanol–water partition coefficient (Wildman–Crippen LogP) is 1.78. The molecule has 104 valence electrons. The number of rotatable bonds is 4. The van der Waals surface area contributed by atoms with Gasteiger partial charge in [-0.3, -0.25) is 10.1 Å². The lowest BCUT2D eigenvalue weighted by atomic mass is 9.76. The highest BCUT2D eigenvalue weighted by atomic mass is 16.5. The summed E-state index contributed by atoms with van der Waals surface area (Å²) in [6.45, 7) is 6.64. The van der Waals surface area contributed by atoms with Crippen LogP contribution in [0, 0.1) is 5.92 Å². The third kappa shape index (κ3) is 2.21. The van der Waals surface area contributed by atoms with Crippen LogP contribution in [0.3, 0.4) is 0 Å². The molecule has 1 amide bonds. The van der Waals surface area contributed by atoms with Gasteiger partial charge in [0.2, 0.25) is 5.91 Å². The van der Waals surface area contributed by atoms with Crippen molar-refractivity contribution in [1.29, 1.82) is 0 Å². The van der Waals surface area contributed by atoms with Crippen molar-refractivity contribution in [3.63, 3.8) is 0 Å². The fourth-order valence-electron chi connectivity index (χ4n) is 2.68. The number of carbonyl (C=O) groups is 1. The lowest BCUT2D eigenvalue weighted by Crippen LogP contribution is -2.61. The van der Waals surface area contributed by atoms with Crippen molar-refractivity contribution in [2.45, 2.75) is 38.8 Å². The van der Waals surface area contributed by atoms with Crippen LogP contribution in [0.1, 0.15) is 32.8 Å². The average Bonchev–Trinajstić information content (AvgIpc) is 2.41. The van der Waals surface area contributed by atoms with Crippen molar-refractivity contribution in [2.24, 2.45) is 11.7 Å². The monoisotopic (exact) mass is 262 g/mol. The highest BCUT2D eigenvalue weighted by Crippen LogP contribution is 2.40. The van der Waals surface area contributed by atoms with E-state index in [4.69, 9.17) is 10.5 Å². The number of nitrogens with one attached hydrogen (secondary N) is 1. The minimum absolute atomic E-state index is 0.00565. The molecular formula is C15H22N2O2. The van der Waals surface area contributed by atoms with Crippen LogP contribution in [0.2, 0.25) is 0 Å². The summed E-state index contributed by atoms with van der Waals surface area (Å²) in [6, 6.07) is 7.84. The first-order valence-corrected chi connectivity index (χ1v) is 6.82. The zero-order chi connectivity index (χ0) is 14.0. The molecule has 1 aromatic rings. The molecule has 3 unspecified atom stereocenters. The van der Waals surface area contributed by atoms with E-state index in [2.05, 4.69) is 19.2 Å². The molecule has 0 spiro atoms. The van der Waals surface area contributed by atoms with Crippen molar-refractivity contribution in [2.75, 3.05) is 6.61 Å². The number of primary amides is 1. The van der Waals surface area contributed by atoms with Crippen molar-refractivity contribution in [1.82, 2.24) is 5.32 Å². The summed E-state index contributed by atoms with van der Waals surface area (Å²) in [5, 5.41) is 3.43. The molecule has 0 radical (unpaired) electrons. The predicted molar refractivity (Wildman–Crippen MR) is 74.9 cm³/mol. The van der Waals surface area contributed by atoms with Crippen LogP contribution < -0.4 is 15.8 Å². The molecule has 1 aromatic carbocycles. The second-order valence-corrected chi connectivity index (χ2v) is 5.33. The van der Waals surface area contributed by atoms with Gasteiger partial charge >= 0.3 is 0 Å². The summed E-state index contributed by atoms with van der Waals surface area (Å²) < 4.78 is 5.71. The number of hydrogen-bond donors (Lipinski definition) is 2. The Balaban J connectivity index is 2.54. The maximum Gasteiger partial charge on any atom is 0.242 e. The molecule has 1 aliphatic rings. The van der Waals surface area contributed by atoms with Crippen LogP contribution in [0.5, 0.6) is 5.75 Å². The Morgan fingerprint density at radius 3 is 2.89 bits per heavy atom. The Morgan fingerprint density at radius 2 is 2.26 bits per heavy atom. The molecule has 4 nitrogen and oxygen atoms in total. The summed E-state index contributed by atoms with van der Waals surface area (Å²) in [7, 11) is 0. The topological polar surface area (TPSA) is 64.3 Å². The Labute approximate surface area is 114 Å². The Bertz CT molecular complexity index is 475. The molecule has 0 saturated carbocycles. The number of fused-ring (bicyclic) bond motifs is 1. The van der Waals surface area contributed by atoms with E-state index in [0.717, 1.165) is 17.7 Å². The number of carbonyl (C=O) groups excluding carboxylic acids is 1. The van der Waals surface area contributed by atoms with Gasteiger partial charge in [0.25, 0.3) is 0 Å². The SMILES string of the molecule is CCC(C)NC1(C(N)=O)c2ccccc2OCC1C. The van der Waals surface area contributed by atoms with E-state index >= 15 is 0 Å². The molecule has 1 aliphatic heterocycles. The first kappa shape index (κ1) is 13.9. The minimum Gasteiger partial charge on any atom is -0.493 e. The van der Waals surface area contributed by atoms with Gasteiger partial charge < -0.3 is 10.5 Å². The second kappa shape index (κ2) is 5.21. The van der Waals surface area contributed by atoms with E-state index in [9.17, 15) is 4.79 Å². The maximum atomic E-state index is 12.2. The highest BCUT2D eigenvalue weighted by molar-refractivity contribution is 5.88. The standard InChI is InChI=1S/C15H22N2O2/c1-4-11(3)17-15(14(16)18)10(2)9-19-13-8-6-5-7-12(13)15/h5-8,10-11,17H,4,9H2,1-3H3,(H2,16,18). The smallest absolute Gasteiger partial charge is 0.242 e. The zero-order valence-corrected chi connectivity index (χ0v) is 11.8. The molecule has 0 aliphatic carbocycles. The molecule has 3 atom stereocenters. The van der Waals surface area contributed by atoms with Crippen LogP contribution in [0.4, 0.5) is 0 Å². The van der Waals surface area contributed by atoms with Gasteiger partial charge in [-0.25, -0.2) is 0 Å². The maximum absolute atomic E-state index is 12.2. The number of hydrogen-bond acceptors (Lipinski definition) is 3. The zero-order valence-electron chi connectivity index (χ0n) is 11.8. The Hall–Kier alpha value is -1.55. The minimum atomic E-state index is -0.843. The van der Waals surface area contributed by atoms with E-state index in [1.165, 1.54) is 0 Å². The Kier molecular flexibility index (Phi) is 3.80. The third-order valence-corrected chi connectivity index (χ3v) is 4.02. The first-order chi connectivity index (χ1) is 9.02. The van der Waals surface area contributed by atoms with E-state index < -0.39 is 5.54 Å². The molecule has 1 heterocycles. The van der Waals surface area contributed by atoms with Crippen molar-refractivity contribution >= 4 is 5.91 Å². The van der Waals surface area contributed by atoms with Gasteiger partial charge in [-0.15, -0.1) is 0 Å². The van der Waals surface area contributed by atoms with Crippen LogP contribution in [0.25, 0.3) is 0 Å². The lowest BCUT2D eigenvalue weighted by molar-refractivity contribution is -0.129.